The van der Waals surface area contributed by atoms with E-state index in [4.69, 9.17) is 16.3 Å². The first-order valence-corrected chi connectivity index (χ1v) is 7.04. The molecular formula is C13H12ClN5O4. The molecule has 120 valence electrons. The van der Waals surface area contributed by atoms with E-state index in [1.807, 2.05) is 0 Å². The lowest BCUT2D eigenvalue weighted by Crippen LogP contribution is -2.24. The first kappa shape index (κ1) is 15.1. The molecule has 1 atom stereocenters. The molecule has 0 spiro atoms. The van der Waals surface area contributed by atoms with Crippen LogP contribution in [-0.4, -0.2) is 43.0 Å². The average molecular weight is 338 g/mol. The van der Waals surface area contributed by atoms with Crippen molar-refractivity contribution in [3.8, 4) is 11.5 Å². The molecule has 2 aromatic rings. The van der Waals surface area contributed by atoms with Crippen LogP contribution >= 0.6 is 11.6 Å². The summed E-state index contributed by atoms with van der Waals surface area (Å²) < 4.78 is 6.75. The molecule has 2 heterocycles. The number of phenolic OH excluding ortho intramolecular Hbond substituents is 1. The number of allylic oxidation sites excluding steroid dienone is 1. The number of aliphatic carboxylic acids is 1. The lowest BCUT2D eigenvalue weighted by atomic mass is 10.0. The minimum Gasteiger partial charge on any atom is -0.503 e. The Morgan fingerprint density at radius 2 is 2.30 bits per heavy atom. The van der Waals surface area contributed by atoms with Crippen molar-refractivity contribution in [1.82, 2.24) is 20.2 Å². The summed E-state index contributed by atoms with van der Waals surface area (Å²) in [4.78, 5) is 11.3. The van der Waals surface area contributed by atoms with E-state index in [1.54, 1.807) is 13.0 Å². The van der Waals surface area contributed by atoms with Crippen molar-refractivity contribution in [2.24, 2.45) is 0 Å². The van der Waals surface area contributed by atoms with Gasteiger partial charge in [0.05, 0.1) is 11.6 Å². The number of carbonyl (C=O) groups is 1. The van der Waals surface area contributed by atoms with Crippen LogP contribution in [-0.2, 0) is 4.79 Å². The Hall–Kier alpha value is -2.81. The van der Waals surface area contributed by atoms with Gasteiger partial charge in [-0.3, -0.25) is 0 Å². The van der Waals surface area contributed by atoms with Gasteiger partial charge in [0.2, 0.25) is 5.95 Å². The fourth-order valence-electron chi connectivity index (χ4n) is 2.25. The maximum Gasteiger partial charge on any atom is 0.352 e. The molecule has 3 N–H and O–H groups in total. The molecule has 0 aliphatic carbocycles. The van der Waals surface area contributed by atoms with Gasteiger partial charge in [0.15, 0.2) is 11.5 Å². The molecule has 0 bridgehead atoms. The first-order chi connectivity index (χ1) is 11.0. The van der Waals surface area contributed by atoms with Crippen LogP contribution in [0.1, 0.15) is 18.5 Å². The van der Waals surface area contributed by atoms with Gasteiger partial charge in [0.25, 0.3) is 0 Å². The highest BCUT2D eigenvalue weighted by Crippen LogP contribution is 2.39. The highest BCUT2D eigenvalue weighted by molar-refractivity contribution is 6.32. The number of hydrogen-bond donors (Lipinski definition) is 3. The van der Waals surface area contributed by atoms with Crippen molar-refractivity contribution in [1.29, 1.82) is 0 Å². The van der Waals surface area contributed by atoms with Gasteiger partial charge < -0.3 is 20.3 Å². The number of halogens is 1. The fraction of sp³-hybridized carbons (Fsp3) is 0.231. The molecule has 0 saturated heterocycles. The van der Waals surface area contributed by atoms with E-state index >= 15 is 0 Å². The third-order valence-electron chi connectivity index (χ3n) is 3.25. The molecule has 10 heteroatoms. The van der Waals surface area contributed by atoms with E-state index in [0.717, 1.165) is 0 Å². The molecule has 0 fully saturated rings. The van der Waals surface area contributed by atoms with Gasteiger partial charge >= 0.3 is 5.97 Å². The van der Waals surface area contributed by atoms with Crippen molar-refractivity contribution in [2.45, 2.75) is 13.0 Å². The Labute approximate surface area is 135 Å². The number of rotatable bonds is 4. The normalized spacial score (nSPS) is 16.3. The molecule has 3 rings (SSSR count). The summed E-state index contributed by atoms with van der Waals surface area (Å²) in [7, 11) is 0. The highest BCUT2D eigenvalue weighted by atomic mass is 35.5. The van der Waals surface area contributed by atoms with Crippen LogP contribution in [0.5, 0.6) is 11.5 Å². The topological polar surface area (TPSA) is 122 Å². The lowest BCUT2D eigenvalue weighted by molar-refractivity contribution is -0.132. The number of benzene rings is 1. The Morgan fingerprint density at radius 3 is 3.00 bits per heavy atom. The number of phenols is 1. The number of aromatic hydroxyl groups is 1. The van der Waals surface area contributed by atoms with Crippen LogP contribution in [0.4, 0.5) is 5.95 Å². The van der Waals surface area contributed by atoms with Crippen LogP contribution in [0.3, 0.4) is 0 Å². The number of tetrazole rings is 1. The van der Waals surface area contributed by atoms with Crippen molar-refractivity contribution in [3.05, 3.63) is 34.5 Å². The maximum atomic E-state index is 11.3. The third-order valence-corrected chi connectivity index (χ3v) is 3.54. The standard InChI is InChI=1S/C13H12ClN5O4/c1-2-23-10-4-6(3-7(14)11(10)20)9-5-8(12(21)22)15-13-16-17-18-19(9)13/h3-5,9,20H,2H2,1H3,(H,21,22)(H,15,16,18)/t9-/m1/s1. The molecule has 1 aromatic heterocycles. The minimum absolute atomic E-state index is 0.0561. The van der Waals surface area contributed by atoms with E-state index in [1.165, 1.54) is 16.8 Å². The largest absolute Gasteiger partial charge is 0.503 e. The molecular weight excluding hydrogens is 326 g/mol. The summed E-state index contributed by atoms with van der Waals surface area (Å²) in [6.45, 7) is 2.11. The zero-order valence-electron chi connectivity index (χ0n) is 11.9. The van der Waals surface area contributed by atoms with Crippen LogP contribution in [0.25, 0.3) is 0 Å². The van der Waals surface area contributed by atoms with Gasteiger partial charge in [0.1, 0.15) is 11.7 Å². The summed E-state index contributed by atoms with van der Waals surface area (Å²) in [5.41, 5.74) is 0.518. The summed E-state index contributed by atoms with van der Waals surface area (Å²) in [6.07, 6.45) is 1.45. The van der Waals surface area contributed by atoms with Crippen molar-refractivity contribution in [3.63, 3.8) is 0 Å². The smallest absolute Gasteiger partial charge is 0.352 e. The van der Waals surface area contributed by atoms with Gasteiger partial charge in [-0.05, 0) is 41.1 Å². The lowest BCUT2D eigenvalue weighted by Gasteiger charge is -2.22. The Kier molecular flexibility index (Phi) is 3.78. The first-order valence-electron chi connectivity index (χ1n) is 6.66. The van der Waals surface area contributed by atoms with Crippen LogP contribution in [0, 0.1) is 0 Å². The molecule has 0 radical (unpaired) electrons. The number of hydrogen-bond acceptors (Lipinski definition) is 7. The van der Waals surface area contributed by atoms with E-state index in [9.17, 15) is 15.0 Å². The van der Waals surface area contributed by atoms with E-state index in [-0.39, 0.29) is 28.2 Å². The Balaban J connectivity index is 2.12. The van der Waals surface area contributed by atoms with Crippen molar-refractivity contribution >= 4 is 23.5 Å². The van der Waals surface area contributed by atoms with Gasteiger partial charge in [-0.1, -0.05) is 16.7 Å². The van der Waals surface area contributed by atoms with E-state index < -0.39 is 12.0 Å². The molecule has 0 unspecified atom stereocenters. The van der Waals surface area contributed by atoms with Gasteiger partial charge in [-0.2, -0.15) is 4.68 Å². The second-order valence-electron chi connectivity index (χ2n) is 4.68. The summed E-state index contributed by atoms with van der Waals surface area (Å²) in [5.74, 6) is -0.921. The van der Waals surface area contributed by atoms with Crippen molar-refractivity contribution < 1.29 is 19.7 Å². The van der Waals surface area contributed by atoms with Gasteiger partial charge in [0, 0.05) is 0 Å². The second kappa shape index (κ2) is 5.76. The molecule has 1 aromatic carbocycles. The molecule has 1 aliphatic heterocycles. The molecule has 23 heavy (non-hydrogen) atoms. The number of aromatic nitrogens is 4. The number of carboxylic acid groups (broad SMARTS) is 1. The predicted molar refractivity (Wildman–Crippen MR) is 79.6 cm³/mol. The summed E-state index contributed by atoms with van der Waals surface area (Å²) in [6, 6.07) is 2.48. The molecule has 9 nitrogen and oxygen atoms in total. The van der Waals surface area contributed by atoms with E-state index in [0.29, 0.717) is 12.2 Å². The van der Waals surface area contributed by atoms with Crippen molar-refractivity contribution in [2.75, 3.05) is 11.9 Å². The third kappa shape index (κ3) is 2.66. The summed E-state index contributed by atoms with van der Waals surface area (Å²) in [5, 5.41) is 32.9. The Bertz CT molecular complexity index is 804. The average Bonchev–Trinajstić information content (AvgIpc) is 2.99. The number of nitrogens with zero attached hydrogens (tertiary/aromatic N) is 4. The van der Waals surface area contributed by atoms with Crippen LogP contribution < -0.4 is 10.1 Å². The monoisotopic (exact) mass is 337 g/mol. The SMILES string of the molecule is CCOc1cc([C@H]2C=C(C(=O)O)Nc3nnnn32)cc(Cl)c1O. The summed E-state index contributed by atoms with van der Waals surface area (Å²) >= 11 is 6.03. The quantitative estimate of drug-likeness (QED) is 0.765. The zero-order valence-corrected chi connectivity index (χ0v) is 12.7. The maximum absolute atomic E-state index is 11.3. The second-order valence-corrected chi connectivity index (χ2v) is 5.09. The zero-order chi connectivity index (χ0) is 16.6. The van der Waals surface area contributed by atoms with Crippen LogP contribution in [0.2, 0.25) is 5.02 Å². The predicted octanol–water partition coefficient (Wildman–Crippen LogP) is 1.41. The number of fused-ring (bicyclic) bond motifs is 1. The molecule has 0 saturated carbocycles. The van der Waals surface area contributed by atoms with Crippen LogP contribution in [0.15, 0.2) is 23.9 Å². The minimum atomic E-state index is -1.14. The van der Waals surface area contributed by atoms with Gasteiger partial charge in [-0.15, -0.1) is 0 Å². The van der Waals surface area contributed by atoms with Gasteiger partial charge in [-0.25, -0.2) is 4.79 Å². The number of carboxylic acids is 1. The number of ether oxygens (including phenoxy) is 1. The fourth-order valence-corrected chi connectivity index (χ4v) is 2.47. The molecule has 0 amide bonds. The highest BCUT2D eigenvalue weighted by Gasteiger charge is 2.27. The van der Waals surface area contributed by atoms with E-state index in [2.05, 4.69) is 20.8 Å². The number of nitrogens with one attached hydrogen (secondary N) is 1. The molecule has 1 aliphatic rings. The Morgan fingerprint density at radius 1 is 1.52 bits per heavy atom. The number of anilines is 1.